The summed E-state index contributed by atoms with van der Waals surface area (Å²) >= 11 is 0. The minimum absolute atomic E-state index is 0.604. The highest BCUT2D eigenvalue weighted by Crippen LogP contribution is 2.34. The third-order valence-corrected chi connectivity index (χ3v) is 9.35. The monoisotopic (exact) mass is 500 g/mol. The SMILES string of the molecule is CCCCCCCCCc1cccc(-c2ccccc2)c1OCCC[Si](OCC)(OCC)OCC. The molecule has 2 aromatic rings. The minimum atomic E-state index is -2.64. The summed E-state index contributed by atoms with van der Waals surface area (Å²) in [7, 11) is -2.64. The molecule has 0 bridgehead atoms. The molecule has 0 radical (unpaired) electrons. The second kappa shape index (κ2) is 17.7. The van der Waals surface area contributed by atoms with Crippen LogP contribution in [0.25, 0.3) is 11.1 Å². The first kappa shape index (κ1) is 29.6. The van der Waals surface area contributed by atoms with Gasteiger partial charge in [-0.25, -0.2) is 0 Å². The molecule has 5 heteroatoms. The highest BCUT2D eigenvalue weighted by Gasteiger charge is 2.39. The van der Waals surface area contributed by atoms with Crippen molar-refractivity contribution in [2.24, 2.45) is 0 Å². The Kier molecular flexibility index (Phi) is 15.0. The minimum Gasteiger partial charge on any atom is -0.493 e. The van der Waals surface area contributed by atoms with Gasteiger partial charge in [0.05, 0.1) is 6.61 Å². The molecule has 0 aliphatic carbocycles. The Morgan fingerprint density at radius 1 is 0.629 bits per heavy atom. The lowest BCUT2D eigenvalue weighted by Crippen LogP contribution is -2.46. The summed E-state index contributed by atoms with van der Waals surface area (Å²) in [6.45, 7) is 10.7. The molecule has 0 spiro atoms. The molecule has 0 aliphatic heterocycles. The largest absolute Gasteiger partial charge is 0.501 e. The van der Waals surface area contributed by atoms with Gasteiger partial charge in [-0.2, -0.15) is 0 Å². The number of unbranched alkanes of at least 4 members (excludes halogenated alkanes) is 6. The van der Waals surface area contributed by atoms with Gasteiger partial charge < -0.3 is 18.0 Å². The molecule has 0 aliphatic rings. The molecule has 0 atom stereocenters. The van der Waals surface area contributed by atoms with Gasteiger partial charge in [0.15, 0.2) is 0 Å². The fraction of sp³-hybridized carbons (Fsp3) is 0.600. The van der Waals surface area contributed by atoms with Crippen molar-refractivity contribution in [2.45, 2.75) is 91.5 Å². The Morgan fingerprint density at radius 3 is 1.89 bits per heavy atom. The summed E-state index contributed by atoms with van der Waals surface area (Å²) in [5, 5.41) is 0. The molecular weight excluding hydrogens is 452 g/mol. The zero-order chi connectivity index (χ0) is 25.2. The highest BCUT2D eigenvalue weighted by molar-refractivity contribution is 6.60. The van der Waals surface area contributed by atoms with E-state index in [1.54, 1.807) is 0 Å². The van der Waals surface area contributed by atoms with E-state index in [1.165, 1.54) is 61.6 Å². The van der Waals surface area contributed by atoms with E-state index in [2.05, 4.69) is 55.5 Å². The summed E-state index contributed by atoms with van der Waals surface area (Å²) < 4.78 is 24.6. The van der Waals surface area contributed by atoms with E-state index in [1.807, 2.05) is 20.8 Å². The summed E-state index contributed by atoms with van der Waals surface area (Å²) in [6, 6.07) is 17.9. The Balaban J connectivity index is 2.06. The highest BCUT2D eigenvalue weighted by atomic mass is 28.4. The summed E-state index contributed by atoms with van der Waals surface area (Å²) in [6.07, 6.45) is 11.1. The van der Waals surface area contributed by atoms with Crippen LogP contribution in [0.4, 0.5) is 0 Å². The third kappa shape index (κ3) is 10.5. The predicted molar refractivity (Wildman–Crippen MR) is 149 cm³/mol. The molecule has 35 heavy (non-hydrogen) atoms. The van der Waals surface area contributed by atoms with Crippen LogP contribution < -0.4 is 4.74 Å². The first-order valence-corrected chi connectivity index (χ1v) is 15.8. The van der Waals surface area contributed by atoms with Gasteiger partial charge >= 0.3 is 8.80 Å². The lowest BCUT2D eigenvalue weighted by atomic mass is 9.98. The zero-order valence-corrected chi connectivity index (χ0v) is 23.7. The van der Waals surface area contributed by atoms with Crippen LogP contribution in [0.5, 0.6) is 5.75 Å². The van der Waals surface area contributed by atoms with Gasteiger partial charge in [0.25, 0.3) is 0 Å². The predicted octanol–water partition coefficient (Wildman–Crippen LogP) is 8.46. The van der Waals surface area contributed by atoms with Crippen molar-refractivity contribution in [3.63, 3.8) is 0 Å². The maximum absolute atomic E-state index is 6.52. The maximum Gasteiger partial charge on any atom is 0.501 e. The number of hydrogen-bond donors (Lipinski definition) is 0. The van der Waals surface area contributed by atoms with E-state index in [0.29, 0.717) is 26.4 Å². The van der Waals surface area contributed by atoms with E-state index in [0.717, 1.165) is 24.6 Å². The topological polar surface area (TPSA) is 36.9 Å². The van der Waals surface area contributed by atoms with Crippen molar-refractivity contribution in [2.75, 3.05) is 26.4 Å². The van der Waals surface area contributed by atoms with Crippen LogP contribution in [0.1, 0.15) is 84.6 Å². The first-order chi connectivity index (χ1) is 17.2. The van der Waals surface area contributed by atoms with Crippen molar-refractivity contribution in [1.29, 1.82) is 0 Å². The molecular formula is C30H48O4Si. The quantitative estimate of drug-likeness (QED) is 0.135. The van der Waals surface area contributed by atoms with Gasteiger partial charge in [-0.15, -0.1) is 0 Å². The number of para-hydroxylation sites is 1. The average Bonchev–Trinajstić information content (AvgIpc) is 2.87. The number of hydrogen-bond acceptors (Lipinski definition) is 4. The summed E-state index contributed by atoms with van der Waals surface area (Å²) in [5.74, 6) is 1.03. The van der Waals surface area contributed by atoms with Gasteiger partial charge in [-0.1, -0.05) is 94.0 Å². The Hall–Kier alpha value is -1.66. The van der Waals surface area contributed by atoms with Crippen molar-refractivity contribution in [1.82, 2.24) is 0 Å². The van der Waals surface area contributed by atoms with Crippen molar-refractivity contribution in [3.8, 4) is 16.9 Å². The van der Waals surface area contributed by atoms with Gasteiger partial charge in [0.2, 0.25) is 0 Å². The molecule has 0 amide bonds. The summed E-state index contributed by atoms with van der Waals surface area (Å²) in [5.41, 5.74) is 3.68. The fourth-order valence-electron chi connectivity index (χ4n) is 4.53. The van der Waals surface area contributed by atoms with Crippen molar-refractivity contribution in [3.05, 3.63) is 54.1 Å². The molecule has 2 aromatic carbocycles. The zero-order valence-electron chi connectivity index (χ0n) is 22.7. The van der Waals surface area contributed by atoms with Crippen LogP contribution in [0.3, 0.4) is 0 Å². The van der Waals surface area contributed by atoms with Gasteiger partial charge in [-0.3, -0.25) is 0 Å². The maximum atomic E-state index is 6.52. The molecule has 2 rings (SSSR count). The van der Waals surface area contributed by atoms with Gasteiger partial charge in [-0.05, 0) is 51.2 Å². The molecule has 0 aromatic heterocycles. The number of aryl methyl sites for hydroxylation is 1. The lowest BCUT2D eigenvalue weighted by molar-refractivity contribution is 0.0696. The first-order valence-electron chi connectivity index (χ1n) is 13.9. The molecule has 196 valence electrons. The standard InChI is InChI=1S/C30H48O4Si/c1-5-9-10-11-12-13-15-22-28-23-18-24-29(27-20-16-14-17-21-27)30(28)31-25-19-26-35(32-6-2,33-7-3)34-8-4/h14,16-18,20-21,23-24H,5-13,15,19,22,25-26H2,1-4H3. The molecule has 0 saturated carbocycles. The van der Waals surface area contributed by atoms with Crippen LogP contribution in [-0.4, -0.2) is 35.2 Å². The second-order valence-corrected chi connectivity index (χ2v) is 11.7. The average molecular weight is 501 g/mol. The van der Waals surface area contributed by atoms with Crippen LogP contribution in [0, 0.1) is 0 Å². The van der Waals surface area contributed by atoms with E-state index < -0.39 is 8.80 Å². The molecule has 0 heterocycles. The Labute approximate surface area is 215 Å². The molecule has 4 nitrogen and oxygen atoms in total. The van der Waals surface area contributed by atoms with Crippen LogP contribution in [0.15, 0.2) is 48.5 Å². The Bertz CT molecular complexity index is 779. The smallest absolute Gasteiger partial charge is 0.493 e. The fourth-order valence-corrected chi connectivity index (χ4v) is 7.11. The van der Waals surface area contributed by atoms with Gasteiger partial charge in [0, 0.05) is 31.4 Å². The van der Waals surface area contributed by atoms with Crippen molar-refractivity contribution < 1.29 is 18.0 Å². The van der Waals surface area contributed by atoms with Crippen LogP contribution in [-0.2, 0) is 19.7 Å². The molecule has 0 unspecified atom stereocenters. The Morgan fingerprint density at radius 2 is 1.26 bits per heavy atom. The number of ether oxygens (including phenoxy) is 1. The third-order valence-electron chi connectivity index (χ3n) is 6.20. The summed E-state index contributed by atoms with van der Waals surface area (Å²) in [4.78, 5) is 0. The van der Waals surface area contributed by atoms with E-state index >= 15 is 0 Å². The lowest BCUT2D eigenvalue weighted by Gasteiger charge is -2.28. The van der Waals surface area contributed by atoms with Crippen LogP contribution in [0.2, 0.25) is 6.04 Å². The molecule has 0 N–H and O–H groups in total. The van der Waals surface area contributed by atoms with Crippen molar-refractivity contribution >= 4 is 8.80 Å². The molecule has 0 saturated heterocycles. The normalized spacial score (nSPS) is 11.7. The van der Waals surface area contributed by atoms with Crippen LogP contribution >= 0.6 is 0 Å². The molecule has 0 fully saturated rings. The van der Waals surface area contributed by atoms with E-state index in [9.17, 15) is 0 Å². The second-order valence-electron chi connectivity index (χ2n) is 8.97. The van der Waals surface area contributed by atoms with E-state index in [-0.39, 0.29) is 0 Å². The number of benzene rings is 2. The van der Waals surface area contributed by atoms with Gasteiger partial charge in [0.1, 0.15) is 5.75 Å². The number of rotatable bonds is 20. The van der Waals surface area contributed by atoms with E-state index in [4.69, 9.17) is 18.0 Å².